The fraction of sp³-hybridized carbons (Fsp3) is 0. The van der Waals surface area contributed by atoms with E-state index in [1.165, 1.54) is 10.8 Å². The smallest absolute Gasteiger partial charge is 0.123 e. The normalized spacial score (nSPS) is 10.8. The third-order valence-electron chi connectivity index (χ3n) is 4.18. The zero-order valence-electron chi connectivity index (χ0n) is 12.6. The monoisotopic (exact) mass is 296 g/mol. The Bertz CT molecular complexity index is 986. The van der Waals surface area contributed by atoms with Crippen LogP contribution >= 0.6 is 0 Å². The molecule has 0 unspecified atom stereocenters. The highest BCUT2D eigenvalue weighted by atomic mass is 16.3. The Labute approximate surface area is 135 Å². The number of benzene rings is 4. The molecule has 4 aromatic carbocycles. The summed E-state index contributed by atoms with van der Waals surface area (Å²) in [4.78, 5) is 0. The van der Waals surface area contributed by atoms with Crippen LogP contribution in [-0.2, 0) is 0 Å². The first-order valence-corrected chi connectivity index (χ1v) is 7.69. The standard InChI is InChI=1S/C22H16O/c23-22-12-6-5-11-21(22)20-10-4-3-9-19(20)18-14-13-16-7-1-2-8-17(16)15-18/h1-15,23H. The average molecular weight is 296 g/mol. The van der Waals surface area contributed by atoms with Crippen molar-refractivity contribution in [3.8, 4) is 28.0 Å². The van der Waals surface area contributed by atoms with Crippen molar-refractivity contribution in [3.05, 3.63) is 91.0 Å². The lowest BCUT2D eigenvalue weighted by Crippen LogP contribution is -1.86. The maximum Gasteiger partial charge on any atom is 0.123 e. The molecule has 1 heteroatoms. The molecule has 0 radical (unpaired) electrons. The molecular formula is C22H16O. The lowest BCUT2D eigenvalue weighted by Gasteiger charge is -2.12. The molecule has 4 rings (SSSR count). The van der Waals surface area contributed by atoms with Crippen LogP contribution in [0.15, 0.2) is 91.0 Å². The summed E-state index contributed by atoms with van der Waals surface area (Å²) < 4.78 is 0. The van der Waals surface area contributed by atoms with E-state index in [0.717, 1.165) is 22.3 Å². The second-order valence-corrected chi connectivity index (χ2v) is 5.62. The summed E-state index contributed by atoms with van der Waals surface area (Å²) in [6.45, 7) is 0. The van der Waals surface area contributed by atoms with E-state index in [-0.39, 0.29) is 0 Å². The minimum Gasteiger partial charge on any atom is -0.507 e. The Morgan fingerprint density at radius 2 is 1.09 bits per heavy atom. The van der Waals surface area contributed by atoms with Gasteiger partial charge in [-0.05, 0) is 39.6 Å². The topological polar surface area (TPSA) is 20.2 Å². The van der Waals surface area contributed by atoms with Crippen LogP contribution in [0, 0.1) is 0 Å². The first-order valence-electron chi connectivity index (χ1n) is 7.69. The number of hydrogen-bond donors (Lipinski definition) is 1. The predicted octanol–water partition coefficient (Wildman–Crippen LogP) is 5.88. The van der Waals surface area contributed by atoms with E-state index in [9.17, 15) is 5.11 Å². The summed E-state index contributed by atoms with van der Waals surface area (Å²) in [5.41, 5.74) is 4.18. The average Bonchev–Trinajstić information content (AvgIpc) is 2.62. The molecule has 0 heterocycles. The van der Waals surface area contributed by atoms with Crippen LogP contribution < -0.4 is 0 Å². The molecule has 0 atom stereocenters. The SMILES string of the molecule is Oc1ccccc1-c1ccccc1-c1ccc2ccccc2c1. The van der Waals surface area contributed by atoms with Crippen LogP contribution in [0.4, 0.5) is 0 Å². The van der Waals surface area contributed by atoms with E-state index in [2.05, 4.69) is 54.6 Å². The molecule has 1 nitrogen and oxygen atoms in total. The van der Waals surface area contributed by atoms with Crippen molar-refractivity contribution in [2.24, 2.45) is 0 Å². The molecule has 0 aliphatic carbocycles. The number of rotatable bonds is 2. The van der Waals surface area contributed by atoms with Crippen molar-refractivity contribution in [3.63, 3.8) is 0 Å². The third kappa shape index (κ3) is 2.47. The van der Waals surface area contributed by atoms with Gasteiger partial charge in [-0.15, -0.1) is 0 Å². The zero-order chi connectivity index (χ0) is 15.6. The van der Waals surface area contributed by atoms with Crippen molar-refractivity contribution in [1.82, 2.24) is 0 Å². The fourth-order valence-electron chi connectivity index (χ4n) is 3.03. The molecule has 0 spiro atoms. The summed E-state index contributed by atoms with van der Waals surface area (Å²) in [5.74, 6) is 0.306. The lowest BCUT2D eigenvalue weighted by atomic mass is 9.93. The van der Waals surface area contributed by atoms with Gasteiger partial charge in [-0.2, -0.15) is 0 Å². The Balaban J connectivity index is 1.93. The number of hydrogen-bond acceptors (Lipinski definition) is 1. The van der Waals surface area contributed by atoms with Gasteiger partial charge >= 0.3 is 0 Å². The van der Waals surface area contributed by atoms with Gasteiger partial charge in [-0.3, -0.25) is 0 Å². The van der Waals surface area contributed by atoms with E-state index in [0.29, 0.717) is 5.75 Å². The molecule has 0 aliphatic heterocycles. The van der Waals surface area contributed by atoms with Gasteiger partial charge in [0.15, 0.2) is 0 Å². The van der Waals surface area contributed by atoms with Crippen molar-refractivity contribution in [2.75, 3.05) is 0 Å². The maximum atomic E-state index is 10.2. The molecule has 1 N–H and O–H groups in total. The van der Waals surface area contributed by atoms with Crippen LogP contribution in [0.25, 0.3) is 33.0 Å². The lowest BCUT2D eigenvalue weighted by molar-refractivity contribution is 0.477. The van der Waals surface area contributed by atoms with Crippen LogP contribution in [0.5, 0.6) is 5.75 Å². The van der Waals surface area contributed by atoms with Gasteiger partial charge in [0.2, 0.25) is 0 Å². The van der Waals surface area contributed by atoms with Crippen LogP contribution in [0.1, 0.15) is 0 Å². The Hall–Kier alpha value is -3.06. The maximum absolute atomic E-state index is 10.2. The molecular weight excluding hydrogens is 280 g/mol. The molecule has 0 fully saturated rings. The first-order chi connectivity index (χ1) is 11.3. The van der Waals surface area contributed by atoms with E-state index >= 15 is 0 Å². The molecule has 0 saturated heterocycles. The van der Waals surface area contributed by atoms with E-state index < -0.39 is 0 Å². The van der Waals surface area contributed by atoms with Gasteiger partial charge in [0.25, 0.3) is 0 Å². The van der Waals surface area contributed by atoms with Gasteiger partial charge in [-0.1, -0.05) is 78.9 Å². The Kier molecular flexibility index (Phi) is 3.32. The van der Waals surface area contributed by atoms with Crippen molar-refractivity contribution in [2.45, 2.75) is 0 Å². The third-order valence-corrected chi connectivity index (χ3v) is 4.18. The fourth-order valence-corrected chi connectivity index (χ4v) is 3.03. The van der Waals surface area contributed by atoms with Crippen LogP contribution in [-0.4, -0.2) is 5.11 Å². The minimum absolute atomic E-state index is 0.306. The molecule has 0 amide bonds. The molecule has 4 aromatic rings. The van der Waals surface area contributed by atoms with Crippen molar-refractivity contribution < 1.29 is 5.11 Å². The molecule has 110 valence electrons. The van der Waals surface area contributed by atoms with Gasteiger partial charge in [0.05, 0.1) is 0 Å². The first kappa shape index (κ1) is 13.6. The van der Waals surface area contributed by atoms with Gasteiger partial charge in [0.1, 0.15) is 5.75 Å². The predicted molar refractivity (Wildman–Crippen MR) is 96.5 cm³/mol. The summed E-state index contributed by atoms with van der Waals surface area (Å²) >= 11 is 0. The zero-order valence-corrected chi connectivity index (χ0v) is 12.6. The van der Waals surface area contributed by atoms with Gasteiger partial charge < -0.3 is 5.11 Å². The van der Waals surface area contributed by atoms with Gasteiger partial charge in [0, 0.05) is 5.56 Å². The van der Waals surface area contributed by atoms with Crippen molar-refractivity contribution >= 4 is 10.8 Å². The number of aromatic hydroxyl groups is 1. The van der Waals surface area contributed by atoms with E-state index in [4.69, 9.17) is 0 Å². The van der Waals surface area contributed by atoms with E-state index in [1.807, 2.05) is 30.3 Å². The quantitative estimate of drug-likeness (QED) is 0.490. The number of phenolic OH excluding ortho intramolecular Hbond substituents is 1. The van der Waals surface area contributed by atoms with Crippen LogP contribution in [0.3, 0.4) is 0 Å². The second kappa shape index (κ2) is 5.62. The van der Waals surface area contributed by atoms with Crippen LogP contribution in [0.2, 0.25) is 0 Å². The number of fused-ring (bicyclic) bond motifs is 1. The Morgan fingerprint density at radius 1 is 0.478 bits per heavy atom. The molecule has 0 aromatic heterocycles. The molecule has 0 bridgehead atoms. The van der Waals surface area contributed by atoms with Gasteiger partial charge in [-0.25, -0.2) is 0 Å². The largest absolute Gasteiger partial charge is 0.507 e. The summed E-state index contributed by atoms with van der Waals surface area (Å²) in [6, 6.07) is 30.5. The van der Waals surface area contributed by atoms with Crippen molar-refractivity contribution in [1.29, 1.82) is 0 Å². The molecule has 0 aliphatic rings. The highest BCUT2D eigenvalue weighted by Gasteiger charge is 2.10. The Morgan fingerprint density at radius 3 is 1.87 bits per heavy atom. The summed E-state index contributed by atoms with van der Waals surface area (Å²) in [6.07, 6.45) is 0. The number of para-hydroxylation sites is 1. The van der Waals surface area contributed by atoms with E-state index in [1.54, 1.807) is 6.07 Å². The highest BCUT2D eigenvalue weighted by Crippen LogP contribution is 2.37. The highest BCUT2D eigenvalue weighted by molar-refractivity contribution is 5.92. The molecule has 0 saturated carbocycles. The minimum atomic E-state index is 0.306. The number of phenols is 1. The summed E-state index contributed by atoms with van der Waals surface area (Å²) in [5, 5.41) is 12.7. The molecule has 23 heavy (non-hydrogen) atoms. The summed E-state index contributed by atoms with van der Waals surface area (Å²) in [7, 11) is 0. The second-order valence-electron chi connectivity index (χ2n) is 5.62.